The minimum Gasteiger partial charge on any atom is -0.324 e. The Kier molecular flexibility index (Phi) is 6.50. The molecular formula is C18H18BrN3O2S2. The third kappa shape index (κ3) is 4.36. The van der Waals surface area contributed by atoms with E-state index in [9.17, 15) is 9.59 Å². The zero-order chi connectivity index (χ0) is 18.5. The third-order valence-electron chi connectivity index (χ3n) is 3.75. The van der Waals surface area contributed by atoms with Crippen molar-refractivity contribution in [2.75, 3.05) is 11.1 Å². The van der Waals surface area contributed by atoms with Crippen LogP contribution < -0.4 is 10.9 Å². The molecule has 0 atom stereocenters. The summed E-state index contributed by atoms with van der Waals surface area (Å²) in [6.07, 6.45) is 1.89. The topological polar surface area (TPSA) is 64.0 Å². The van der Waals surface area contributed by atoms with Crippen LogP contribution in [0.25, 0.3) is 10.2 Å². The fraction of sp³-hybridized carbons (Fsp3) is 0.278. The van der Waals surface area contributed by atoms with Crippen LogP contribution in [0.15, 0.2) is 50.1 Å². The van der Waals surface area contributed by atoms with Gasteiger partial charge in [-0.3, -0.25) is 14.2 Å². The van der Waals surface area contributed by atoms with Crippen LogP contribution in [0.2, 0.25) is 0 Å². The van der Waals surface area contributed by atoms with Crippen molar-refractivity contribution >= 4 is 60.8 Å². The molecule has 0 spiro atoms. The molecule has 0 unspecified atom stereocenters. The largest absolute Gasteiger partial charge is 0.324 e. The number of hydrogen-bond donors (Lipinski definition) is 1. The van der Waals surface area contributed by atoms with E-state index >= 15 is 0 Å². The van der Waals surface area contributed by atoms with Gasteiger partial charge in [0.15, 0.2) is 5.16 Å². The number of thiophene rings is 1. The smallest absolute Gasteiger partial charge is 0.272 e. The number of halogens is 1. The van der Waals surface area contributed by atoms with Gasteiger partial charge in [0.05, 0.1) is 17.0 Å². The molecule has 0 fully saturated rings. The van der Waals surface area contributed by atoms with Gasteiger partial charge in [-0.2, -0.15) is 0 Å². The number of nitrogens with one attached hydrogen (secondary N) is 1. The Morgan fingerprint density at radius 1 is 1.35 bits per heavy atom. The second kappa shape index (κ2) is 8.83. The maximum atomic E-state index is 12.7. The summed E-state index contributed by atoms with van der Waals surface area (Å²) >= 11 is 6.12. The van der Waals surface area contributed by atoms with Crippen molar-refractivity contribution in [2.45, 2.75) is 31.5 Å². The van der Waals surface area contributed by atoms with E-state index in [1.54, 1.807) is 4.57 Å². The predicted molar refractivity (Wildman–Crippen MR) is 112 cm³/mol. The van der Waals surface area contributed by atoms with Crippen molar-refractivity contribution in [1.82, 2.24) is 9.55 Å². The quantitative estimate of drug-likeness (QED) is 0.415. The highest BCUT2D eigenvalue weighted by molar-refractivity contribution is 9.10. The fourth-order valence-corrected chi connectivity index (χ4v) is 4.41. The van der Waals surface area contributed by atoms with Crippen LogP contribution in [0.3, 0.4) is 0 Å². The van der Waals surface area contributed by atoms with Crippen molar-refractivity contribution in [3.8, 4) is 0 Å². The lowest BCUT2D eigenvalue weighted by Crippen LogP contribution is -2.23. The summed E-state index contributed by atoms with van der Waals surface area (Å²) in [5.41, 5.74) is 1.40. The molecule has 0 bridgehead atoms. The molecule has 0 aliphatic rings. The van der Waals surface area contributed by atoms with Gasteiger partial charge in [-0.1, -0.05) is 37.2 Å². The number of amides is 1. The average molecular weight is 452 g/mol. The summed E-state index contributed by atoms with van der Waals surface area (Å²) in [5, 5.41) is 5.34. The number of rotatable bonds is 7. The van der Waals surface area contributed by atoms with Crippen molar-refractivity contribution in [3.63, 3.8) is 0 Å². The number of para-hydroxylation sites is 1. The van der Waals surface area contributed by atoms with Crippen LogP contribution in [0.5, 0.6) is 0 Å². The molecule has 2 aromatic heterocycles. The van der Waals surface area contributed by atoms with Crippen LogP contribution in [-0.2, 0) is 11.3 Å². The molecule has 0 saturated heterocycles. The van der Waals surface area contributed by atoms with Gasteiger partial charge in [0.25, 0.3) is 5.56 Å². The number of hydrogen-bond acceptors (Lipinski definition) is 5. The Balaban J connectivity index is 1.78. The van der Waals surface area contributed by atoms with E-state index in [1.807, 2.05) is 35.7 Å². The molecule has 5 nitrogen and oxygen atoms in total. The Hall–Kier alpha value is -1.64. The Labute approximate surface area is 168 Å². The first-order chi connectivity index (χ1) is 12.6. The Morgan fingerprint density at radius 2 is 2.15 bits per heavy atom. The number of benzene rings is 1. The highest BCUT2D eigenvalue weighted by Gasteiger charge is 2.14. The van der Waals surface area contributed by atoms with Crippen molar-refractivity contribution < 1.29 is 4.79 Å². The molecule has 0 aliphatic carbocycles. The molecule has 1 amide bonds. The van der Waals surface area contributed by atoms with Crippen molar-refractivity contribution in [3.05, 3.63) is 50.5 Å². The number of carbonyl (C=O) groups excluding carboxylic acids is 1. The van der Waals surface area contributed by atoms with E-state index < -0.39 is 0 Å². The maximum Gasteiger partial charge on any atom is 0.272 e. The SMILES string of the molecule is CCCCn1c(SCC(=O)Nc2ccccc2Br)nc2ccsc2c1=O. The van der Waals surface area contributed by atoms with Gasteiger partial charge in [0.2, 0.25) is 5.91 Å². The molecule has 2 heterocycles. The second-order valence-corrected chi connectivity index (χ2v) is 8.37. The van der Waals surface area contributed by atoms with Gasteiger partial charge in [-0.25, -0.2) is 4.98 Å². The fourth-order valence-electron chi connectivity index (χ4n) is 2.43. The number of nitrogens with zero attached hydrogens (tertiary/aromatic N) is 2. The molecule has 8 heteroatoms. The number of unbranched alkanes of at least 4 members (excludes halogenated alkanes) is 1. The minimum atomic E-state index is -0.136. The Morgan fingerprint density at radius 3 is 2.92 bits per heavy atom. The first kappa shape index (κ1) is 19.1. The van der Waals surface area contributed by atoms with E-state index in [-0.39, 0.29) is 17.2 Å². The number of carbonyl (C=O) groups is 1. The van der Waals surface area contributed by atoms with Crippen LogP contribution in [0, 0.1) is 0 Å². The molecule has 1 N–H and O–H groups in total. The lowest BCUT2D eigenvalue weighted by atomic mass is 10.3. The van der Waals surface area contributed by atoms with Gasteiger partial charge >= 0.3 is 0 Å². The summed E-state index contributed by atoms with van der Waals surface area (Å²) in [4.78, 5) is 29.6. The molecule has 1 aromatic carbocycles. The standard InChI is InChI=1S/C18H18BrN3O2S2/c1-2-3-9-22-17(24)16-14(8-10-25-16)21-18(22)26-11-15(23)20-13-7-5-4-6-12(13)19/h4-8,10H,2-3,9,11H2,1H3,(H,20,23). The molecule has 26 heavy (non-hydrogen) atoms. The maximum absolute atomic E-state index is 12.7. The second-order valence-electron chi connectivity index (χ2n) is 5.66. The summed E-state index contributed by atoms with van der Waals surface area (Å²) < 4.78 is 3.19. The minimum absolute atomic E-state index is 0.0211. The van der Waals surface area contributed by atoms with Gasteiger partial charge in [0, 0.05) is 11.0 Å². The predicted octanol–water partition coefficient (Wildman–Crippen LogP) is 4.75. The zero-order valence-corrected chi connectivity index (χ0v) is 17.4. The van der Waals surface area contributed by atoms with Crippen LogP contribution in [-0.4, -0.2) is 21.2 Å². The molecule has 0 saturated carbocycles. The summed E-state index contributed by atoms with van der Waals surface area (Å²) in [7, 11) is 0. The van der Waals surface area contributed by atoms with E-state index in [1.165, 1.54) is 23.1 Å². The summed E-state index contributed by atoms with van der Waals surface area (Å²) in [6.45, 7) is 2.70. The van der Waals surface area contributed by atoms with Crippen LogP contribution in [0.4, 0.5) is 5.69 Å². The van der Waals surface area contributed by atoms with Crippen LogP contribution >= 0.6 is 39.0 Å². The Bertz CT molecular complexity index is 984. The van der Waals surface area contributed by atoms with Gasteiger partial charge in [0.1, 0.15) is 4.70 Å². The lowest BCUT2D eigenvalue weighted by Gasteiger charge is -2.12. The van der Waals surface area contributed by atoms with E-state index in [0.717, 1.165) is 23.0 Å². The van der Waals surface area contributed by atoms with Crippen molar-refractivity contribution in [1.29, 1.82) is 0 Å². The highest BCUT2D eigenvalue weighted by atomic mass is 79.9. The van der Waals surface area contributed by atoms with Crippen molar-refractivity contribution in [2.24, 2.45) is 0 Å². The van der Waals surface area contributed by atoms with Crippen LogP contribution in [0.1, 0.15) is 19.8 Å². The summed E-state index contributed by atoms with van der Waals surface area (Å²) in [6, 6.07) is 9.30. The van der Waals surface area contributed by atoms with E-state index in [2.05, 4.69) is 33.2 Å². The molecule has 3 aromatic rings. The molecule has 3 rings (SSSR count). The molecular weight excluding hydrogens is 434 g/mol. The van der Waals surface area contributed by atoms with E-state index in [4.69, 9.17) is 0 Å². The molecule has 0 radical (unpaired) electrons. The average Bonchev–Trinajstić information content (AvgIpc) is 3.10. The first-order valence-electron chi connectivity index (χ1n) is 8.25. The van der Waals surface area contributed by atoms with E-state index in [0.29, 0.717) is 21.9 Å². The first-order valence-corrected chi connectivity index (χ1v) is 10.9. The molecule has 136 valence electrons. The zero-order valence-electron chi connectivity index (χ0n) is 14.2. The van der Waals surface area contributed by atoms with Gasteiger partial charge < -0.3 is 5.32 Å². The lowest BCUT2D eigenvalue weighted by molar-refractivity contribution is -0.113. The summed E-state index contributed by atoms with van der Waals surface area (Å²) in [5.74, 6) is 0.0545. The highest BCUT2D eigenvalue weighted by Crippen LogP contribution is 2.23. The molecule has 0 aliphatic heterocycles. The van der Waals surface area contributed by atoms with Gasteiger partial charge in [-0.15, -0.1) is 11.3 Å². The number of fused-ring (bicyclic) bond motifs is 1. The number of aromatic nitrogens is 2. The number of anilines is 1. The third-order valence-corrected chi connectivity index (χ3v) is 6.31. The van der Waals surface area contributed by atoms with Gasteiger partial charge in [-0.05, 0) is 45.9 Å². The monoisotopic (exact) mass is 451 g/mol. The number of thioether (sulfide) groups is 1. The normalized spacial score (nSPS) is 11.0.